The van der Waals surface area contributed by atoms with E-state index in [0.29, 0.717) is 16.7 Å². The van der Waals surface area contributed by atoms with Crippen molar-refractivity contribution in [3.63, 3.8) is 0 Å². The fourth-order valence-corrected chi connectivity index (χ4v) is 3.15. The Labute approximate surface area is 154 Å². The van der Waals surface area contributed by atoms with Crippen LogP contribution in [0.5, 0.6) is 0 Å². The van der Waals surface area contributed by atoms with Gasteiger partial charge in [-0.1, -0.05) is 38.1 Å². The minimum absolute atomic E-state index is 0.0462. The Bertz CT molecular complexity index is 830. The highest BCUT2D eigenvalue weighted by atomic mass is 32.2. The maximum Gasteiger partial charge on any atom is 0.238 e. The molecule has 2 rings (SSSR count). The van der Waals surface area contributed by atoms with Crippen molar-refractivity contribution in [2.75, 3.05) is 5.32 Å². The molecule has 0 amide bonds. The topological polar surface area (TPSA) is 84.2 Å². The predicted octanol–water partition coefficient (Wildman–Crippen LogP) is 3.51. The van der Waals surface area contributed by atoms with Crippen LogP contribution in [0.2, 0.25) is 0 Å². The molecule has 0 aromatic heterocycles. The zero-order valence-electron chi connectivity index (χ0n) is 14.5. The van der Waals surface area contributed by atoms with Gasteiger partial charge in [-0.2, -0.15) is 0 Å². The Balaban J connectivity index is 1.97. The molecule has 7 heteroatoms. The van der Waals surface area contributed by atoms with Crippen LogP contribution in [-0.4, -0.2) is 13.5 Å². The fourth-order valence-electron chi connectivity index (χ4n) is 2.34. The first-order chi connectivity index (χ1) is 11.7. The summed E-state index contributed by atoms with van der Waals surface area (Å²) in [6.07, 6.45) is 0. The van der Waals surface area contributed by atoms with Crippen LogP contribution in [-0.2, 0) is 10.0 Å². The normalized spacial score (nSPS) is 12.7. The molecule has 5 nitrogen and oxygen atoms in total. The van der Waals surface area contributed by atoms with Crippen molar-refractivity contribution >= 4 is 33.0 Å². The molecule has 134 valence electrons. The van der Waals surface area contributed by atoms with E-state index in [1.807, 2.05) is 6.92 Å². The number of rotatable bonds is 5. The van der Waals surface area contributed by atoms with Crippen molar-refractivity contribution in [2.45, 2.75) is 37.6 Å². The summed E-state index contributed by atoms with van der Waals surface area (Å²) in [6.45, 7) is 6.36. The molecule has 0 fully saturated rings. The second-order valence-corrected chi connectivity index (χ2v) is 8.18. The third-order valence-corrected chi connectivity index (χ3v) is 5.04. The van der Waals surface area contributed by atoms with E-state index in [4.69, 9.17) is 17.4 Å². The first kappa shape index (κ1) is 19.4. The van der Waals surface area contributed by atoms with E-state index in [1.54, 1.807) is 12.1 Å². The van der Waals surface area contributed by atoms with Gasteiger partial charge in [-0.15, -0.1) is 0 Å². The number of hydrogen-bond donors (Lipinski definition) is 3. The highest BCUT2D eigenvalue weighted by Gasteiger charge is 2.10. The number of thiocarbonyl (C=S) groups is 1. The summed E-state index contributed by atoms with van der Waals surface area (Å²) in [5.41, 5.74) is 3.12. The van der Waals surface area contributed by atoms with E-state index in [2.05, 4.69) is 48.7 Å². The molecule has 0 saturated carbocycles. The van der Waals surface area contributed by atoms with Crippen molar-refractivity contribution in [1.82, 2.24) is 5.32 Å². The molecule has 0 heterocycles. The van der Waals surface area contributed by atoms with E-state index in [9.17, 15) is 8.42 Å². The summed E-state index contributed by atoms with van der Waals surface area (Å²) < 4.78 is 22.5. The lowest BCUT2D eigenvalue weighted by atomic mass is 10.00. The molecule has 0 radical (unpaired) electrons. The van der Waals surface area contributed by atoms with Gasteiger partial charge in [-0.3, -0.25) is 0 Å². The highest BCUT2D eigenvalue weighted by molar-refractivity contribution is 7.89. The SMILES string of the molecule is CC(C)c1ccc(C(C)NC(=S)Nc2ccc(S(N)(=O)=O)cc2)cc1. The van der Waals surface area contributed by atoms with Crippen molar-refractivity contribution < 1.29 is 8.42 Å². The molecular weight excluding hydrogens is 354 g/mol. The third-order valence-electron chi connectivity index (χ3n) is 3.89. The lowest BCUT2D eigenvalue weighted by molar-refractivity contribution is 0.598. The zero-order valence-corrected chi connectivity index (χ0v) is 16.1. The number of benzene rings is 2. The first-order valence-electron chi connectivity index (χ1n) is 7.97. The Hall–Kier alpha value is -1.96. The van der Waals surface area contributed by atoms with Crippen molar-refractivity contribution in [2.24, 2.45) is 5.14 Å². The van der Waals surface area contributed by atoms with Gasteiger partial charge >= 0.3 is 0 Å². The van der Waals surface area contributed by atoms with Gasteiger partial charge in [0.2, 0.25) is 10.0 Å². The molecule has 0 aliphatic carbocycles. The fraction of sp³-hybridized carbons (Fsp3) is 0.278. The average Bonchev–Trinajstić information content (AvgIpc) is 2.54. The predicted molar refractivity (Wildman–Crippen MR) is 106 cm³/mol. The number of nitrogens with one attached hydrogen (secondary N) is 2. The van der Waals surface area contributed by atoms with Crippen molar-refractivity contribution in [3.8, 4) is 0 Å². The second kappa shape index (κ2) is 7.95. The van der Waals surface area contributed by atoms with Crippen LogP contribution in [0.25, 0.3) is 0 Å². The lowest BCUT2D eigenvalue weighted by Gasteiger charge is -2.18. The molecule has 1 atom stereocenters. The summed E-state index contributed by atoms with van der Waals surface area (Å²) >= 11 is 5.32. The van der Waals surface area contributed by atoms with Crippen LogP contribution in [0.1, 0.15) is 43.9 Å². The molecule has 0 spiro atoms. The van der Waals surface area contributed by atoms with Gasteiger partial charge in [0.1, 0.15) is 0 Å². The van der Waals surface area contributed by atoms with E-state index < -0.39 is 10.0 Å². The third kappa shape index (κ3) is 5.52. The van der Waals surface area contributed by atoms with Gasteiger partial charge in [-0.05, 0) is 60.5 Å². The van der Waals surface area contributed by atoms with Gasteiger partial charge in [0, 0.05) is 5.69 Å². The summed E-state index contributed by atoms with van der Waals surface area (Å²) in [5, 5.41) is 11.8. The number of anilines is 1. The lowest BCUT2D eigenvalue weighted by Crippen LogP contribution is -2.30. The van der Waals surface area contributed by atoms with Gasteiger partial charge in [-0.25, -0.2) is 13.6 Å². The summed E-state index contributed by atoms with van der Waals surface area (Å²) in [4.78, 5) is 0.0653. The van der Waals surface area contributed by atoms with Crippen LogP contribution in [0, 0.1) is 0 Å². The molecule has 1 unspecified atom stereocenters. The highest BCUT2D eigenvalue weighted by Crippen LogP contribution is 2.19. The standard InChI is InChI=1S/C18H23N3O2S2/c1-12(2)14-4-6-15(7-5-14)13(3)20-18(24)21-16-8-10-17(11-9-16)25(19,22)23/h4-13H,1-3H3,(H2,19,22,23)(H2,20,21,24). The summed E-state index contributed by atoms with van der Waals surface area (Å²) in [7, 11) is -3.69. The van der Waals surface area contributed by atoms with Gasteiger partial charge in [0.05, 0.1) is 10.9 Å². The van der Waals surface area contributed by atoms with E-state index >= 15 is 0 Å². The Kier molecular flexibility index (Phi) is 6.16. The average molecular weight is 378 g/mol. The second-order valence-electron chi connectivity index (χ2n) is 6.21. The van der Waals surface area contributed by atoms with Gasteiger partial charge in [0.25, 0.3) is 0 Å². The molecule has 0 aliphatic heterocycles. The molecule has 0 bridgehead atoms. The monoisotopic (exact) mass is 377 g/mol. The minimum atomic E-state index is -3.69. The summed E-state index contributed by atoms with van der Waals surface area (Å²) in [6, 6.07) is 14.6. The Morgan fingerprint density at radius 2 is 1.48 bits per heavy atom. The van der Waals surface area contributed by atoms with Gasteiger partial charge in [0.15, 0.2) is 5.11 Å². The molecular formula is C18H23N3O2S2. The maximum absolute atomic E-state index is 11.3. The smallest absolute Gasteiger partial charge is 0.238 e. The van der Waals surface area contributed by atoms with Gasteiger partial charge < -0.3 is 10.6 Å². The molecule has 0 aliphatic rings. The number of nitrogens with two attached hydrogens (primary N) is 1. The van der Waals surface area contributed by atoms with Crippen LogP contribution in [0.4, 0.5) is 5.69 Å². The molecule has 4 N–H and O–H groups in total. The maximum atomic E-state index is 11.3. The van der Waals surface area contributed by atoms with E-state index in [-0.39, 0.29) is 10.9 Å². The Morgan fingerprint density at radius 1 is 0.960 bits per heavy atom. The van der Waals surface area contributed by atoms with Crippen LogP contribution in [0.3, 0.4) is 0 Å². The molecule has 2 aromatic carbocycles. The first-order valence-corrected chi connectivity index (χ1v) is 9.92. The van der Waals surface area contributed by atoms with Crippen LogP contribution in [0.15, 0.2) is 53.4 Å². The summed E-state index contributed by atoms with van der Waals surface area (Å²) in [5.74, 6) is 0.500. The minimum Gasteiger partial charge on any atom is -0.356 e. The number of hydrogen-bond acceptors (Lipinski definition) is 3. The van der Waals surface area contributed by atoms with E-state index in [1.165, 1.54) is 17.7 Å². The van der Waals surface area contributed by atoms with Crippen LogP contribution >= 0.6 is 12.2 Å². The van der Waals surface area contributed by atoms with Crippen LogP contribution < -0.4 is 15.8 Å². The number of primary sulfonamides is 1. The molecule has 2 aromatic rings. The number of sulfonamides is 1. The zero-order chi connectivity index (χ0) is 18.6. The molecule has 25 heavy (non-hydrogen) atoms. The quantitative estimate of drug-likeness (QED) is 0.695. The van der Waals surface area contributed by atoms with Crippen molar-refractivity contribution in [1.29, 1.82) is 0 Å². The Morgan fingerprint density at radius 3 is 1.96 bits per heavy atom. The largest absolute Gasteiger partial charge is 0.356 e. The van der Waals surface area contributed by atoms with Crippen molar-refractivity contribution in [3.05, 3.63) is 59.7 Å². The molecule has 0 saturated heterocycles. The van der Waals surface area contributed by atoms with E-state index in [0.717, 1.165) is 5.56 Å².